The van der Waals surface area contributed by atoms with Crippen molar-refractivity contribution in [2.24, 2.45) is 0 Å². The van der Waals surface area contributed by atoms with Crippen LogP contribution >= 0.6 is 0 Å². The summed E-state index contributed by atoms with van der Waals surface area (Å²) < 4.78 is 14.3. The van der Waals surface area contributed by atoms with Crippen molar-refractivity contribution in [2.45, 2.75) is 31.6 Å². The average molecular weight is 335 g/mol. The van der Waals surface area contributed by atoms with E-state index in [4.69, 9.17) is 0 Å². The van der Waals surface area contributed by atoms with Gasteiger partial charge in [-0.3, -0.25) is 14.5 Å². The molecule has 0 saturated carbocycles. The molecule has 1 atom stereocenters. The number of nitrogens with zero attached hydrogens (tertiary/aromatic N) is 1. The lowest BCUT2D eigenvalue weighted by Gasteiger charge is -2.38. The molecular formula is C21H18FNO2. The lowest BCUT2D eigenvalue weighted by Crippen LogP contribution is -2.41. The molecule has 3 nitrogen and oxygen atoms in total. The summed E-state index contributed by atoms with van der Waals surface area (Å²) in [7, 11) is 0. The van der Waals surface area contributed by atoms with Gasteiger partial charge in [0.05, 0.1) is 5.69 Å². The standard InChI is InChI=1S/C21H18FNO2/c22-16-9-4-5-10-17(16)23-18-11-6-12-19(24)21(18)15(13-20(23)25)14-7-2-1-3-8-14/h1-5,7-10,15H,6,11-13H2/t15-/m0/s1. The average Bonchev–Trinajstić information content (AvgIpc) is 2.63. The van der Waals surface area contributed by atoms with Crippen LogP contribution in [0.15, 0.2) is 65.9 Å². The van der Waals surface area contributed by atoms with Gasteiger partial charge in [-0.05, 0) is 30.5 Å². The fourth-order valence-corrected chi connectivity index (χ4v) is 3.88. The lowest BCUT2D eigenvalue weighted by molar-refractivity contribution is -0.120. The van der Waals surface area contributed by atoms with Crippen molar-refractivity contribution < 1.29 is 14.0 Å². The van der Waals surface area contributed by atoms with Crippen molar-refractivity contribution in [1.82, 2.24) is 0 Å². The van der Waals surface area contributed by atoms with Crippen molar-refractivity contribution in [3.05, 3.63) is 77.2 Å². The highest BCUT2D eigenvalue weighted by molar-refractivity contribution is 6.07. The van der Waals surface area contributed by atoms with Crippen LogP contribution < -0.4 is 4.90 Å². The predicted molar refractivity (Wildman–Crippen MR) is 93.6 cm³/mol. The summed E-state index contributed by atoms with van der Waals surface area (Å²) >= 11 is 0. The highest BCUT2D eigenvalue weighted by Crippen LogP contribution is 2.43. The van der Waals surface area contributed by atoms with Crippen LogP contribution in [0.4, 0.5) is 10.1 Å². The number of hydrogen-bond donors (Lipinski definition) is 0. The van der Waals surface area contributed by atoms with E-state index in [2.05, 4.69) is 0 Å². The number of carbonyl (C=O) groups excluding carboxylic acids is 2. The number of hydrogen-bond acceptors (Lipinski definition) is 2. The molecule has 1 aliphatic heterocycles. The molecule has 25 heavy (non-hydrogen) atoms. The number of para-hydroxylation sites is 1. The zero-order valence-corrected chi connectivity index (χ0v) is 13.7. The molecule has 0 bridgehead atoms. The van der Waals surface area contributed by atoms with E-state index in [1.165, 1.54) is 11.0 Å². The molecule has 1 amide bonds. The molecule has 0 fully saturated rings. The van der Waals surface area contributed by atoms with Gasteiger partial charge in [-0.15, -0.1) is 0 Å². The molecule has 1 aliphatic carbocycles. The zero-order valence-electron chi connectivity index (χ0n) is 13.7. The maximum absolute atomic E-state index is 14.3. The summed E-state index contributed by atoms with van der Waals surface area (Å²) in [6, 6.07) is 15.9. The van der Waals surface area contributed by atoms with Gasteiger partial charge in [0.1, 0.15) is 5.82 Å². The molecule has 2 aliphatic rings. The SMILES string of the molecule is O=C1CCCC2=C1[C@H](c1ccccc1)CC(=O)N2c1ccccc1F. The van der Waals surface area contributed by atoms with Crippen molar-refractivity contribution in [3.8, 4) is 0 Å². The smallest absolute Gasteiger partial charge is 0.232 e. The molecular weight excluding hydrogens is 317 g/mol. The van der Waals surface area contributed by atoms with Crippen LogP contribution in [0.2, 0.25) is 0 Å². The van der Waals surface area contributed by atoms with E-state index in [1.54, 1.807) is 18.2 Å². The molecule has 0 aromatic heterocycles. The topological polar surface area (TPSA) is 37.4 Å². The second-order valence-corrected chi connectivity index (χ2v) is 6.49. The lowest BCUT2D eigenvalue weighted by atomic mass is 9.77. The van der Waals surface area contributed by atoms with E-state index in [-0.39, 0.29) is 29.7 Å². The fourth-order valence-electron chi connectivity index (χ4n) is 3.88. The van der Waals surface area contributed by atoms with Gasteiger partial charge in [-0.2, -0.15) is 0 Å². The van der Waals surface area contributed by atoms with E-state index in [0.717, 1.165) is 5.56 Å². The Bertz CT molecular complexity index is 872. The normalized spacial score (nSPS) is 20.7. The Morgan fingerprint density at radius 3 is 2.40 bits per heavy atom. The number of halogens is 1. The summed E-state index contributed by atoms with van der Waals surface area (Å²) in [4.78, 5) is 27.0. The highest BCUT2D eigenvalue weighted by Gasteiger charge is 2.40. The van der Waals surface area contributed by atoms with E-state index >= 15 is 0 Å². The van der Waals surface area contributed by atoms with Crippen LogP contribution in [0.3, 0.4) is 0 Å². The number of Topliss-reactive ketones (excluding diaryl/α,β-unsaturated/α-hetero) is 1. The van der Waals surface area contributed by atoms with Crippen LogP contribution in [0.1, 0.15) is 37.2 Å². The maximum atomic E-state index is 14.3. The zero-order chi connectivity index (χ0) is 17.4. The Hall–Kier alpha value is -2.75. The van der Waals surface area contributed by atoms with Gasteiger partial charge in [-0.25, -0.2) is 4.39 Å². The van der Waals surface area contributed by atoms with E-state index in [1.807, 2.05) is 30.3 Å². The fraction of sp³-hybridized carbons (Fsp3) is 0.238. The molecule has 2 aromatic carbocycles. The van der Waals surface area contributed by atoms with Crippen LogP contribution in [-0.4, -0.2) is 11.7 Å². The van der Waals surface area contributed by atoms with Gasteiger partial charge < -0.3 is 0 Å². The van der Waals surface area contributed by atoms with Crippen LogP contribution in [0.5, 0.6) is 0 Å². The van der Waals surface area contributed by atoms with E-state index in [9.17, 15) is 14.0 Å². The molecule has 0 unspecified atom stereocenters. The second kappa shape index (κ2) is 6.28. The molecule has 0 saturated heterocycles. The third-order valence-corrected chi connectivity index (χ3v) is 4.97. The molecule has 1 heterocycles. The maximum Gasteiger partial charge on any atom is 0.232 e. The number of allylic oxidation sites excluding steroid dienone is 2. The largest absolute Gasteiger partial charge is 0.294 e. The number of amides is 1. The van der Waals surface area contributed by atoms with Crippen molar-refractivity contribution in [3.63, 3.8) is 0 Å². The summed E-state index contributed by atoms with van der Waals surface area (Å²) in [6.45, 7) is 0. The second-order valence-electron chi connectivity index (χ2n) is 6.49. The monoisotopic (exact) mass is 335 g/mol. The van der Waals surface area contributed by atoms with Crippen LogP contribution in [0.25, 0.3) is 0 Å². The molecule has 0 N–H and O–H groups in total. The van der Waals surface area contributed by atoms with Gasteiger partial charge >= 0.3 is 0 Å². The first kappa shape index (κ1) is 15.8. The molecule has 126 valence electrons. The first-order valence-electron chi connectivity index (χ1n) is 8.55. The van der Waals surface area contributed by atoms with Gasteiger partial charge in [0, 0.05) is 30.0 Å². The van der Waals surface area contributed by atoms with E-state index in [0.29, 0.717) is 30.5 Å². The number of rotatable bonds is 2. The number of ketones is 1. The first-order valence-corrected chi connectivity index (χ1v) is 8.55. The molecule has 4 heteroatoms. The van der Waals surface area contributed by atoms with Crippen molar-refractivity contribution in [1.29, 1.82) is 0 Å². The molecule has 0 spiro atoms. The number of anilines is 1. The molecule has 0 radical (unpaired) electrons. The third-order valence-electron chi connectivity index (χ3n) is 4.97. The van der Waals surface area contributed by atoms with Gasteiger partial charge in [0.2, 0.25) is 5.91 Å². The van der Waals surface area contributed by atoms with Gasteiger partial charge in [0.25, 0.3) is 0 Å². The quantitative estimate of drug-likeness (QED) is 0.818. The van der Waals surface area contributed by atoms with Crippen molar-refractivity contribution >= 4 is 17.4 Å². The molecule has 2 aromatic rings. The van der Waals surface area contributed by atoms with E-state index < -0.39 is 5.82 Å². The Morgan fingerprint density at radius 1 is 0.920 bits per heavy atom. The van der Waals surface area contributed by atoms with Crippen LogP contribution in [0, 0.1) is 5.82 Å². The Balaban J connectivity index is 1.89. The Morgan fingerprint density at radius 2 is 1.64 bits per heavy atom. The number of benzene rings is 2. The Labute approximate surface area is 145 Å². The summed E-state index contributed by atoms with van der Waals surface area (Å²) in [6.07, 6.45) is 1.98. The minimum absolute atomic E-state index is 0.0731. The van der Waals surface area contributed by atoms with Crippen LogP contribution in [-0.2, 0) is 9.59 Å². The summed E-state index contributed by atoms with van der Waals surface area (Å²) in [5.41, 5.74) is 2.56. The van der Waals surface area contributed by atoms with Crippen molar-refractivity contribution in [2.75, 3.05) is 4.90 Å². The van der Waals surface area contributed by atoms with Gasteiger partial charge in [0.15, 0.2) is 5.78 Å². The summed E-state index contributed by atoms with van der Waals surface area (Å²) in [5.74, 6) is -0.769. The first-order chi connectivity index (χ1) is 12.2. The predicted octanol–water partition coefficient (Wildman–Crippen LogP) is 4.35. The number of carbonyl (C=O) groups is 2. The third kappa shape index (κ3) is 2.68. The Kier molecular flexibility index (Phi) is 3.96. The van der Waals surface area contributed by atoms with Gasteiger partial charge in [-0.1, -0.05) is 42.5 Å². The minimum atomic E-state index is -0.445. The highest BCUT2D eigenvalue weighted by atomic mass is 19.1. The molecule has 4 rings (SSSR count). The minimum Gasteiger partial charge on any atom is -0.294 e. The summed E-state index contributed by atoms with van der Waals surface area (Å²) in [5, 5.41) is 0.